The van der Waals surface area contributed by atoms with Gasteiger partial charge in [0, 0.05) is 16.5 Å². The molecule has 0 atom stereocenters. The Hall–Kier alpha value is -2.99. The highest BCUT2D eigenvalue weighted by atomic mass is 35.5. The number of para-hydroxylation sites is 1. The first-order chi connectivity index (χ1) is 12.5. The number of fused-ring (bicyclic) bond motifs is 1. The highest BCUT2D eigenvalue weighted by molar-refractivity contribution is 6.38. The molecule has 2 amide bonds. The fourth-order valence-electron chi connectivity index (χ4n) is 2.47. The number of aromatic amines is 1. The number of hydrogen-bond donors (Lipinski definition) is 3. The van der Waals surface area contributed by atoms with Gasteiger partial charge in [0.25, 0.3) is 11.8 Å². The molecule has 6 nitrogen and oxygen atoms in total. The molecule has 0 aliphatic rings. The molecule has 1 aromatic heterocycles. The third-order valence-electron chi connectivity index (χ3n) is 3.65. The van der Waals surface area contributed by atoms with Crippen molar-refractivity contribution in [2.75, 3.05) is 0 Å². The number of rotatable bonds is 4. The van der Waals surface area contributed by atoms with E-state index in [9.17, 15) is 9.59 Å². The smallest absolute Gasteiger partial charge is 0.287 e. The van der Waals surface area contributed by atoms with Gasteiger partial charge in [-0.15, -0.1) is 0 Å². The van der Waals surface area contributed by atoms with Gasteiger partial charge in [0.1, 0.15) is 11.4 Å². The van der Waals surface area contributed by atoms with E-state index in [1.54, 1.807) is 24.3 Å². The Morgan fingerprint density at radius 2 is 1.65 bits per heavy atom. The molecule has 134 valence electrons. The topological polar surface area (TPSA) is 83.2 Å². The third kappa shape index (κ3) is 3.81. The zero-order chi connectivity index (χ0) is 18.7. The van der Waals surface area contributed by atoms with Crippen LogP contribution in [0.2, 0.25) is 5.02 Å². The van der Waals surface area contributed by atoms with Crippen molar-refractivity contribution in [1.29, 1.82) is 0 Å². The fourth-order valence-corrected chi connectivity index (χ4v) is 2.77. The number of amides is 2. The normalized spacial score (nSPS) is 10.8. The summed E-state index contributed by atoms with van der Waals surface area (Å²) in [5.74, 6) is -0.300. The van der Waals surface area contributed by atoms with E-state index in [-0.39, 0.29) is 11.8 Å². The van der Waals surface area contributed by atoms with Crippen molar-refractivity contribution in [1.82, 2.24) is 15.8 Å². The number of hydrogen-bond acceptors (Lipinski definition) is 3. The average Bonchev–Trinajstić information content (AvgIpc) is 2.97. The molecule has 0 unspecified atom stereocenters. The Morgan fingerprint density at radius 1 is 1.00 bits per heavy atom. The van der Waals surface area contributed by atoms with E-state index >= 15 is 0 Å². The molecule has 0 aliphatic heterocycles. The number of aromatic nitrogens is 1. The molecule has 0 bridgehead atoms. The van der Waals surface area contributed by atoms with Crippen LogP contribution in [0.1, 0.15) is 34.7 Å². The summed E-state index contributed by atoms with van der Waals surface area (Å²) >= 11 is 6.22. The lowest BCUT2D eigenvalue weighted by Crippen LogP contribution is -2.41. The van der Waals surface area contributed by atoms with Crippen molar-refractivity contribution < 1.29 is 14.3 Å². The van der Waals surface area contributed by atoms with Crippen LogP contribution in [-0.4, -0.2) is 22.9 Å². The van der Waals surface area contributed by atoms with Crippen LogP contribution >= 0.6 is 11.6 Å². The lowest BCUT2D eigenvalue weighted by Gasteiger charge is -2.10. The van der Waals surface area contributed by atoms with E-state index in [1.807, 2.05) is 38.1 Å². The second-order valence-electron chi connectivity index (χ2n) is 5.96. The molecule has 0 saturated carbocycles. The van der Waals surface area contributed by atoms with E-state index in [1.165, 1.54) is 0 Å². The van der Waals surface area contributed by atoms with Gasteiger partial charge in [-0.25, -0.2) is 0 Å². The molecule has 0 saturated heterocycles. The standard InChI is InChI=1S/C19H18ClN3O3/c1-11(2)26-13-9-7-12(8-10-13)18(24)22-23-19(25)17-16(20)14-5-3-4-6-15(14)21-17/h3-11,21H,1-2H3,(H,22,24)(H,23,25). The molecule has 7 heteroatoms. The van der Waals surface area contributed by atoms with Crippen molar-refractivity contribution in [2.45, 2.75) is 20.0 Å². The molecule has 1 heterocycles. The Bertz CT molecular complexity index is 948. The molecule has 3 rings (SSSR count). The molecular formula is C19H18ClN3O3. The maximum atomic E-state index is 12.3. The number of hydrazine groups is 1. The van der Waals surface area contributed by atoms with Crippen molar-refractivity contribution in [3.63, 3.8) is 0 Å². The van der Waals surface area contributed by atoms with E-state index in [2.05, 4.69) is 15.8 Å². The summed E-state index contributed by atoms with van der Waals surface area (Å²) in [5, 5.41) is 1.05. The van der Waals surface area contributed by atoms with E-state index in [0.29, 0.717) is 16.3 Å². The Labute approximate surface area is 155 Å². The molecule has 26 heavy (non-hydrogen) atoms. The van der Waals surface area contributed by atoms with Crippen molar-refractivity contribution >= 4 is 34.3 Å². The van der Waals surface area contributed by atoms with Gasteiger partial charge in [-0.3, -0.25) is 20.4 Å². The van der Waals surface area contributed by atoms with Crippen LogP contribution in [0.15, 0.2) is 48.5 Å². The molecule has 3 aromatic rings. The molecule has 0 fully saturated rings. The second kappa shape index (κ2) is 7.49. The molecule has 0 radical (unpaired) electrons. The summed E-state index contributed by atoms with van der Waals surface area (Å²) < 4.78 is 5.53. The zero-order valence-corrected chi connectivity index (χ0v) is 15.1. The number of H-pyrrole nitrogens is 1. The van der Waals surface area contributed by atoms with Crippen LogP contribution in [0.25, 0.3) is 10.9 Å². The van der Waals surface area contributed by atoms with Gasteiger partial charge in [-0.1, -0.05) is 29.8 Å². The van der Waals surface area contributed by atoms with Crippen molar-refractivity contribution in [3.05, 3.63) is 64.8 Å². The van der Waals surface area contributed by atoms with Gasteiger partial charge in [0.2, 0.25) is 0 Å². The highest BCUT2D eigenvalue weighted by Gasteiger charge is 2.17. The predicted molar refractivity (Wildman–Crippen MR) is 100 cm³/mol. The minimum atomic E-state index is -0.528. The summed E-state index contributed by atoms with van der Waals surface area (Å²) in [6.07, 6.45) is 0.0509. The fraction of sp³-hybridized carbons (Fsp3) is 0.158. The van der Waals surface area contributed by atoms with Crippen LogP contribution in [-0.2, 0) is 0 Å². The number of carbonyl (C=O) groups is 2. The van der Waals surface area contributed by atoms with Gasteiger partial charge < -0.3 is 9.72 Å². The summed E-state index contributed by atoms with van der Waals surface area (Å²) in [6.45, 7) is 3.84. The van der Waals surface area contributed by atoms with Crippen LogP contribution < -0.4 is 15.6 Å². The Morgan fingerprint density at radius 3 is 2.31 bits per heavy atom. The highest BCUT2D eigenvalue weighted by Crippen LogP contribution is 2.26. The summed E-state index contributed by atoms with van der Waals surface area (Å²) in [6, 6.07) is 13.9. The van der Waals surface area contributed by atoms with Gasteiger partial charge in [-0.2, -0.15) is 0 Å². The molecule has 0 spiro atoms. The van der Waals surface area contributed by atoms with Crippen LogP contribution in [0.5, 0.6) is 5.75 Å². The Kier molecular flexibility index (Phi) is 5.14. The Balaban J connectivity index is 1.65. The first-order valence-corrected chi connectivity index (χ1v) is 8.47. The number of benzene rings is 2. The SMILES string of the molecule is CC(C)Oc1ccc(C(=O)NNC(=O)c2[nH]c3ccccc3c2Cl)cc1. The largest absolute Gasteiger partial charge is 0.491 e. The number of nitrogens with one attached hydrogen (secondary N) is 3. The number of halogens is 1. The first-order valence-electron chi connectivity index (χ1n) is 8.09. The van der Waals surface area contributed by atoms with E-state index in [0.717, 1.165) is 10.9 Å². The van der Waals surface area contributed by atoms with Gasteiger partial charge >= 0.3 is 0 Å². The average molecular weight is 372 g/mol. The van der Waals surface area contributed by atoms with Crippen LogP contribution in [0.3, 0.4) is 0 Å². The quantitative estimate of drug-likeness (QED) is 0.612. The van der Waals surface area contributed by atoms with Crippen molar-refractivity contribution in [2.24, 2.45) is 0 Å². The predicted octanol–water partition coefficient (Wildman–Crippen LogP) is 3.68. The number of carbonyl (C=O) groups excluding carboxylic acids is 2. The lowest BCUT2D eigenvalue weighted by molar-refractivity contribution is 0.0844. The summed E-state index contributed by atoms with van der Waals surface area (Å²) in [5.41, 5.74) is 6.06. The maximum Gasteiger partial charge on any atom is 0.287 e. The van der Waals surface area contributed by atoms with Crippen molar-refractivity contribution in [3.8, 4) is 5.75 Å². The molecule has 3 N–H and O–H groups in total. The van der Waals surface area contributed by atoms with Gasteiger partial charge in [0.15, 0.2) is 0 Å². The molecule has 0 aliphatic carbocycles. The van der Waals surface area contributed by atoms with Gasteiger partial charge in [0.05, 0.1) is 11.1 Å². The lowest BCUT2D eigenvalue weighted by atomic mass is 10.2. The van der Waals surface area contributed by atoms with Gasteiger partial charge in [-0.05, 0) is 44.2 Å². The summed E-state index contributed by atoms with van der Waals surface area (Å²) in [4.78, 5) is 27.4. The van der Waals surface area contributed by atoms with Crippen LogP contribution in [0.4, 0.5) is 0 Å². The number of ether oxygens (including phenoxy) is 1. The second-order valence-corrected chi connectivity index (χ2v) is 6.34. The minimum Gasteiger partial charge on any atom is -0.491 e. The zero-order valence-electron chi connectivity index (χ0n) is 14.3. The van der Waals surface area contributed by atoms with E-state index in [4.69, 9.17) is 16.3 Å². The van der Waals surface area contributed by atoms with E-state index < -0.39 is 11.8 Å². The monoisotopic (exact) mass is 371 g/mol. The minimum absolute atomic E-state index is 0.0509. The maximum absolute atomic E-state index is 12.3. The summed E-state index contributed by atoms with van der Waals surface area (Å²) in [7, 11) is 0. The first kappa shape index (κ1) is 17.8. The molecule has 2 aromatic carbocycles. The third-order valence-corrected chi connectivity index (χ3v) is 4.04. The van der Waals surface area contributed by atoms with Crippen LogP contribution in [0, 0.1) is 0 Å². The molecular weight excluding hydrogens is 354 g/mol.